The van der Waals surface area contributed by atoms with Gasteiger partial charge in [-0.05, 0) is 119 Å². The van der Waals surface area contributed by atoms with Crippen LogP contribution in [0.2, 0.25) is 20.1 Å². The third-order valence-electron chi connectivity index (χ3n) is 10.7. The molecule has 10 N–H and O–H groups in total. The quantitative estimate of drug-likeness (QED) is 0.0172. The fourth-order valence-electron chi connectivity index (χ4n) is 6.71. The third kappa shape index (κ3) is 38.3. The first-order valence-corrected chi connectivity index (χ1v) is 27.4. The fourth-order valence-corrected chi connectivity index (χ4v) is 7.58. The monoisotopic (exact) mass is 1260 g/mol. The molecule has 3 amide bonds. The number of H-pyrrole nitrogens is 1. The molecule has 0 saturated carbocycles. The van der Waals surface area contributed by atoms with Gasteiger partial charge >= 0.3 is 76.8 Å². The van der Waals surface area contributed by atoms with Crippen molar-refractivity contribution in [3.63, 3.8) is 0 Å². The number of carbonyl (C=O) groups is 6. The van der Waals surface area contributed by atoms with Crippen molar-refractivity contribution in [3.05, 3.63) is 130 Å². The van der Waals surface area contributed by atoms with Crippen molar-refractivity contribution in [1.29, 1.82) is 0 Å². The van der Waals surface area contributed by atoms with Crippen molar-refractivity contribution < 1.29 is 128 Å². The largest absolute Gasteiger partial charge is 1.00 e. The number of rotatable bonds is 27. The van der Waals surface area contributed by atoms with Gasteiger partial charge in [-0.1, -0.05) is 116 Å². The van der Waals surface area contributed by atoms with E-state index in [1.54, 1.807) is 6.07 Å². The number of fused-ring (bicyclic) bond motifs is 1. The van der Waals surface area contributed by atoms with Gasteiger partial charge in [-0.3, -0.25) is 33.8 Å². The first-order valence-electron chi connectivity index (χ1n) is 25.4. The van der Waals surface area contributed by atoms with Crippen molar-refractivity contribution in [2.45, 2.75) is 122 Å². The number of primary amides is 1. The summed E-state index contributed by atoms with van der Waals surface area (Å²) in [6.45, 7) is 3.32. The van der Waals surface area contributed by atoms with Crippen LogP contribution in [0.3, 0.4) is 0 Å². The van der Waals surface area contributed by atoms with Crippen molar-refractivity contribution >= 4 is 105 Å². The van der Waals surface area contributed by atoms with Gasteiger partial charge in [0.05, 0.1) is 23.1 Å². The first kappa shape index (κ1) is 81.7. The number of phenols is 2. The van der Waals surface area contributed by atoms with Crippen LogP contribution >= 0.6 is 58.0 Å². The molecule has 0 unspecified atom stereocenters. The van der Waals surface area contributed by atoms with Crippen LogP contribution in [-0.2, 0) is 19.1 Å². The van der Waals surface area contributed by atoms with E-state index in [0.29, 0.717) is 59.0 Å². The maximum atomic E-state index is 11.8. The number of ether oxygens (including phenoxy) is 1. The first-order chi connectivity index (χ1) is 37.6. The molecule has 0 atom stereocenters. The number of phenolic OH excluding ortho intramolecular Hbond substituents is 1. The molecule has 5 aromatic rings. The second-order valence-corrected chi connectivity index (χ2v) is 19.3. The Morgan fingerprint density at radius 1 is 0.610 bits per heavy atom. The number of carboxylic acids is 2. The average molecular weight is 1270 g/mol. The van der Waals surface area contributed by atoms with E-state index in [2.05, 4.69) is 10.6 Å². The molecular weight excluding hydrogens is 1200 g/mol. The Hall–Kier alpha value is -4.55. The molecule has 0 aliphatic carbocycles. The van der Waals surface area contributed by atoms with Crippen molar-refractivity contribution in [1.82, 2.24) is 15.6 Å². The minimum atomic E-state index is -1.02. The number of nitrogens with two attached hydrogens (primary N) is 1. The van der Waals surface area contributed by atoms with Gasteiger partial charge in [0.15, 0.2) is 0 Å². The van der Waals surface area contributed by atoms with Crippen LogP contribution in [0.25, 0.3) is 11.0 Å². The smallest absolute Gasteiger partial charge is 0.872 e. The Balaban J connectivity index is -0.000000964. The Morgan fingerprint density at radius 3 is 1.54 bits per heavy atom. The molecule has 0 aliphatic heterocycles. The van der Waals surface area contributed by atoms with E-state index in [4.69, 9.17) is 83.1 Å². The summed E-state index contributed by atoms with van der Waals surface area (Å²) >= 11 is 28.3. The molecule has 0 aliphatic rings. The van der Waals surface area contributed by atoms with E-state index in [0.717, 1.165) is 76.5 Å². The molecule has 82 heavy (non-hydrogen) atoms. The number of carboxylic acid groups (broad SMARTS) is 2. The summed E-state index contributed by atoms with van der Waals surface area (Å²) < 4.78 is 9.54. The molecule has 1 heterocycles. The number of unbranched alkanes of at least 4 members (excludes halogenated alkanes) is 12. The van der Waals surface area contributed by atoms with Crippen molar-refractivity contribution in [2.24, 2.45) is 5.73 Å². The maximum absolute atomic E-state index is 11.8. The summed E-state index contributed by atoms with van der Waals surface area (Å²) in [6.07, 6.45) is 14.7. The van der Waals surface area contributed by atoms with Crippen LogP contribution in [0, 0.1) is 0 Å². The van der Waals surface area contributed by atoms with Crippen molar-refractivity contribution in [3.8, 4) is 17.2 Å². The third-order valence-corrected chi connectivity index (χ3v) is 11.9. The minimum Gasteiger partial charge on any atom is -0.872 e. The Morgan fingerprint density at radius 2 is 1.04 bits per heavy atom. The van der Waals surface area contributed by atoms with Crippen LogP contribution in [0.5, 0.6) is 17.2 Å². The summed E-state index contributed by atoms with van der Waals surface area (Å²) in [7, 11) is 0. The molecule has 0 radical (unpaired) electrons. The minimum absolute atomic E-state index is 0. The van der Waals surface area contributed by atoms with Gasteiger partial charge < -0.3 is 61.3 Å². The normalized spacial score (nSPS) is 9.83. The number of aromatic amines is 1. The number of nitrogens with one attached hydrogen (secondary N) is 3. The number of hydrogen-bond acceptors (Lipinski definition) is 14. The zero-order chi connectivity index (χ0) is 59.1. The summed E-state index contributed by atoms with van der Waals surface area (Å²) in [5, 5.41) is 56.0. The number of aromatic hydroxyl groups is 2. The number of benzene rings is 4. The SMILES string of the molecule is CCOC(=O)CCCCCCCCl.NC(=O)c1cc(Cl)ccc1O.O.O=C(O)CCCCCCCNC(=O)c1cc(Cl)ccc1O.O=C([O-])CCCCCCCNC(=O)c1cc(Cl)ccc1[O-].O=c1[nH]c(=O)c2cc(Cl)ccc2o1.[Na+].[Na+]. The molecule has 442 valence electrons. The zero-order valence-corrected chi connectivity index (χ0v) is 54.0. The maximum Gasteiger partial charge on any atom is 1.00 e. The van der Waals surface area contributed by atoms with Crippen LogP contribution in [0.1, 0.15) is 154 Å². The summed E-state index contributed by atoms with van der Waals surface area (Å²) in [6, 6.07) is 17.0. The molecular formula is C55H69Cl5N4Na2O16. The predicted octanol–water partition coefficient (Wildman–Crippen LogP) is 3.03. The van der Waals surface area contributed by atoms with E-state index < -0.39 is 35.1 Å². The van der Waals surface area contributed by atoms with Gasteiger partial charge in [-0.2, -0.15) is 0 Å². The average Bonchev–Trinajstić information content (AvgIpc) is 3.42. The van der Waals surface area contributed by atoms with Gasteiger partial charge in [0, 0.05) is 63.4 Å². The number of hydrogen-bond donors (Lipinski definition) is 7. The van der Waals surface area contributed by atoms with Crippen LogP contribution in [-0.4, -0.2) is 87.0 Å². The molecule has 0 saturated heterocycles. The number of carbonyl (C=O) groups excluding carboxylic acids is 5. The molecule has 0 fully saturated rings. The van der Waals surface area contributed by atoms with Crippen LogP contribution < -0.4 is 97.0 Å². The summed E-state index contributed by atoms with van der Waals surface area (Å²) in [5.41, 5.74) is 4.93. The zero-order valence-electron chi connectivity index (χ0n) is 46.2. The van der Waals surface area contributed by atoms with Gasteiger partial charge in [-0.15, -0.1) is 11.6 Å². The van der Waals surface area contributed by atoms with E-state index in [-0.39, 0.29) is 134 Å². The summed E-state index contributed by atoms with van der Waals surface area (Å²) in [4.78, 5) is 89.5. The molecule has 0 spiro atoms. The molecule has 1 aromatic heterocycles. The number of halogens is 5. The standard InChI is InChI=1S/2C15H20ClNO4.C10H19ClO2.C8H4ClNO3.C7H6ClNO2.2Na.H2O/c2*16-11-7-8-13(18)12(10-11)15(21)17-9-5-3-1-2-4-6-14(19)20;1-2-13-10(12)8-6-4-3-5-7-9-11;9-4-1-2-6-5(3-4)7(11)10-8(12)13-6;8-4-1-2-6(10)5(3-4)7(9)11;;;/h2*7-8,10,18H,1-6,9H2,(H,17,21)(H,19,20);2-9H2,1H3;1-3H,(H,10,11,12);1-3,10H,(H2,9,11);;;1H2/q;;;;;2*+1;/p-2. The number of amides is 3. The van der Waals surface area contributed by atoms with E-state index in [1.807, 2.05) is 11.9 Å². The summed E-state index contributed by atoms with van der Waals surface area (Å²) in [5.74, 6) is -3.91. The molecule has 27 heteroatoms. The van der Waals surface area contributed by atoms with E-state index >= 15 is 0 Å². The molecule has 4 aromatic carbocycles. The second-order valence-electron chi connectivity index (χ2n) is 17.1. The van der Waals surface area contributed by atoms with Gasteiger partial charge in [0.25, 0.3) is 23.3 Å². The molecule has 0 bridgehead atoms. The number of esters is 1. The number of alkyl halides is 1. The van der Waals surface area contributed by atoms with E-state index in [1.165, 1.54) is 79.6 Å². The number of aliphatic carboxylic acids is 2. The predicted molar refractivity (Wildman–Crippen MR) is 305 cm³/mol. The second kappa shape index (κ2) is 48.8. The van der Waals surface area contributed by atoms with Gasteiger partial charge in [0.2, 0.25) is 0 Å². The van der Waals surface area contributed by atoms with Gasteiger partial charge in [-0.25, -0.2) is 4.79 Å². The van der Waals surface area contributed by atoms with Gasteiger partial charge in [0.1, 0.15) is 17.1 Å². The van der Waals surface area contributed by atoms with Crippen LogP contribution in [0.15, 0.2) is 86.8 Å². The molecule has 20 nitrogen and oxygen atoms in total. The molecule has 5 rings (SSSR count). The Labute approximate surface area is 545 Å². The van der Waals surface area contributed by atoms with Crippen LogP contribution in [0.4, 0.5) is 0 Å². The fraction of sp³-hybridized carbons (Fsp3) is 0.418. The Bertz CT molecular complexity index is 2740. The van der Waals surface area contributed by atoms with Crippen molar-refractivity contribution in [2.75, 3.05) is 25.6 Å². The number of aromatic nitrogens is 1. The topological polar surface area (TPSA) is 363 Å². The Kier molecular flexibility index (Phi) is 48.6. The van der Waals surface area contributed by atoms with E-state index in [9.17, 15) is 53.7 Å².